The number of carbonyl (C=O) groups is 2. The van der Waals surface area contributed by atoms with Crippen molar-refractivity contribution in [2.45, 2.75) is 26.2 Å². The smallest absolute Gasteiger partial charge is 0.313 e. The van der Waals surface area contributed by atoms with Gasteiger partial charge in [-0.05, 0) is 18.6 Å². The van der Waals surface area contributed by atoms with Gasteiger partial charge in [0.25, 0.3) is 0 Å². The molecule has 0 radical (unpaired) electrons. The molecule has 0 aliphatic carbocycles. The summed E-state index contributed by atoms with van der Waals surface area (Å²) >= 11 is 0. The van der Waals surface area contributed by atoms with Crippen LogP contribution in [0.5, 0.6) is 5.75 Å². The van der Waals surface area contributed by atoms with Gasteiger partial charge in [0, 0.05) is 0 Å². The molecular formula is C14H18O4. The average molecular weight is 250 g/mol. The Labute approximate surface area is 107 Å². The predicted molar refractivity (Wildman–Crippen MR) is 67.8 cm³/mol. The van der Waals surface area contributed by atoms with Crippen LogP contribution in [0.4, 0.5) is 0 Å². The molecule has 1 aromatic rings. The number of methoxy groups -OCH3 is 1. The molecule has 0 fully saturated rings. The van der Waals surface area contributed by atoms with E-state index in [-0.39, 0.29) is 12.2 Å². The molecule has 4 heteroatoms. The Hall–Kier alpha value is -1.84. The second-order valence-electron chi connectivity index (χ2n) is 3.87. The van der Waals surface area contributed by atoms with E-state index in [1.165, 1.54) is 7.11 Å². The number of hydrogen-bond donors (Lipinski definition) is 0. The Balaban J connectivity index is 2.74. The predicted octanol–water partition coefficient (Wildman–Crippen LogP) is 2.61. The van der Waals surface area contributed by atoms with E-state index in [2.05, 4.69) is 11.7 Å². The van der Waals surface area contributed by atoms with Crippen LogP contribution in [-0.2, 0) is 9.53 Å². The van der Waals surface area contributed by atoms with Crippen LogP contribution in [0.2, 0.25) is 0 Å². The highest BCUT2D eigenvalue weighted by molar-refractivity contribution is 6.07. The lowest BCUT2D eigenvalue weighted by Crippen LogP contribution is -2.11. The molecule has 0 unspecified atom stereocenters. The first kappa shape index (κ1) is 14.2. The number of hydrogen-bond acceptors (Lipinski definition) is 4. The normalized spacial score (nSPS) is 9.89. The maximum Gasteiger partial charge on any atom is 0.313 e. The molecule has 98 valence electrons. The van der Waals surface area contributed by atoms with Gasteiger partial charge in [-0.25, -0.2) is 0 Å². The molecule has 0 saturated heterocycles. The highest BCUT2D eigenvalue weighted by Crippen LogP contribution is 2.20. The number of ether oxygens (including phenoxy) is 2. The first-order chi connectivity index (χ1) is 8.69. The van der Waals surface area contributed by atoms with Gasteiger partial charge in [0.15, 0.2) is 5.78 Å². The largest absolute Gasteiger partial charge is 0.493 e. The maximum atomic E-state index is 11.9. The minimum absolute atomic E-state index is 0.259. The monoisotopic (exact) mass is 250 g/mol. The Bertz CT molecular complexity index is 412. The van der Waals surface area contributed by atoms with Crippen molar-refractivity contribution in [1.29, 1.82) is 0 Å². The number of ketones is 1. The van der Waals surface area contributed by atoms with E-state index in [0.29, 0.717) is 17.9 Å². The molecular weight excluding hydrogens is 232 g/mol. The van der Waals surface area contributed by atoms with E-state index in [1.54, 1.807) is 24.3 Å². The number of rotatable bonds is 7. The summed E-state index contributed by atoms with van der Waals surface area (Å²) in [5.41, 5.74) is 0.430. The van der Waals surface area contributed by atoms with Crippen LogP contribution in [0.25, 0.3) is 0 Å². The second kappa shape index (κ2) is 7.48. The standard InChI is InChI=1S/C14H18O4/c1-3-4-9-18-13-8-6-5-7-11(13)12(15)10-14(16)17-2/h5-8H,3-4,9-10H2,1-2H3. The van der Waals surface area contributed by atoms with E-state index >= 15 is 0 Å². The van der Waals surface area contributed by atoms with Crippen LogP contribution in [0.3, 0.4) is 0 Å². The van der Waals surface area contributed by atoms with Crippen molar-refractivity contribution in [3.63, 3.8) is 0 Å². The van der Waals surface area contributed by atoms with E-state index in [1.807, 2.05) is 0 Å². The second-order valence-corrected chi connectivity index (χ2v) is 3.87. The zero-order chi connectivity index (χ0) is 13.4. The molecule has 4 nitrogen and oxygen atoms in total. The van der Waals surface area contributed by atoms with E-state index in [4.69, 9.17) is 4.74 Å². The summed E-state index contributed by atoms with van der Waals surface area (Å²) < 4.78 is 10.0. The van der Waals surface area contributed by atoms with E-state index in [9.17, 15) is 9.59 Å². The van der Waals surface area contributed by atoms with Crippen LogP contribution in [-0.4, -0.2) is 25.5 Å². The van der Waals surface area contributed by atoms with Crippen LogP contribution >= 0.6 is 0 Å². The fraction of sp³-hybridized carbons (Fsp3) is 0.429. The molecule has 0 heterocycles. The molecule has 0 aliphatic heterocycles. The third-order valence-corrected chi connectivity index (χ3v) is 2.48. The first-order valence-electron chi connectivity index (χ1n) is 6.00. The highest BCUT2D eigenvalue weighted by Gasteiger charge is 2.16. The zero-order valence-corrected chi connectivity index (χ0v) is 10.8. The Morgan fingerprint density at radius 3 is 2.61 bits per heavy atom. The summed E-state index contributed by atoms with van der Waals surface area (Å²) in [7, 11) is 1.26. The minimum Gasteiger partial charge on any atom is -0.493 e. The zero-order valence-electron chi connectivity index (χ0n) is 10.8. The molecule has 0 atom stereocenters. The van der Waals surface area contributed by atoms with Crippen molar-refractivity contribution in [3.05, 3.63) is 29.8 Å². The summed E-state index contributed by atoms with van der Waals surface area (Å²) in [6.07, 6.45) is 1.70. The number of carbonyl (C=O) groups excluding carboxylic acids is 2. The van der Waals surface area contributed by atoms with Crippen LogP contribution in [0.1, 0.15) is 36.5 Å². The fourth-order valence-electron chi connectivity index (χ4n) is 1.45. The SMILES string of the molecule is CCCCOc1ccccc1C(=O)CC(=O)OC. The maximum absolute atomic E-state index is 11.9. The molecule has 18 heavy (non-hydrogen) atoms. The quantitative estimate of drug-likeness (QED) is 0.323. The molecule has 1 aromatic carbocycles. The van der Waals surface area contributed by atoms with Crippen molar-refractivity contribution < 1.29 is 19.1 Å². The third kappa shape index (κ3) is 4.20. The molecule has 0 saturated carbocycles. The number of unbranched alkanes of at least 4 members (excludes halogenated alkanes) is 1. The van der Waals surface area contributed by atoms with Gasteiger partial charge in [0.1, 0.15) is 12.2 Å². The topological polar surface area (TPSA) is 52.6 Å². The summed E-state index contributed by atoms with van der Waals surface area (Å²) in [4.78, 5) is 23.0. The molecule has 1 rings (SSSR count). The molecule has 0 aliphatic rings. The van der Waals surface area contributed by atoms with Crippen molar-refractivity contribution in [2.75, 3.05) is 13.7 Å². The van der Waals surface area contributed by atoms with Gasteiger partial charge in [-0.2, -0.15) is 0 Å². The number of Topliss-reactive ketones (excluding diaryl/α,β-unsaturated/α-hetero) is 1. The van der Waals surface area contributed by atoms with Crippen molar-refractivity contribution >= 4 is 11.8 Å². The fourth-order valence-corrected chi connectivity index (χ4v) is 1.45. The molecule has 0 N–H and O–H groups in total. The van der Waals surface area contributed by atoms with Gasteiger partial charge in [0.05, 0.1) is 19.3 Å². The molecule has 0 amide bonds. The van der Waals surface area contributed by atoms with Crippen molar-refractivity contribution in [2.24, 2.45) is 0 Å². The minimum atomic E-state index is -0.539. The number of esters is 1. The summed E-state index contributed by atoms with van der Waals surface area (Å²) in [6.45, 7) is 2.64. The third-order valence-electron chi connectivity index (χ3n) is 2.48. The van der Waals surface area contributed by atoms with Gasteiger partial charge < -0.3 is 9.47 Å². The van der Waals surface area contributed by atoms with Crippen LogP contribution in [0.15, 0.2) is 24.3 Å². The van der Waals surface area contributed by atoms with Crippen molar-refractivity contribution in [1.82, 2.24) is 0 Å². The van der Waals surface area contributed by atoms with Gasteiger partial charge in [-0.1, -0.05) is 25.5 Å². The first-order valence-corrected chi connectivity index (χ1v) is 6.00. The van der Waals surface area contributed by atoms with Crippen LogP contribution < -0.4 is 4.74 Å². The highest BCUT2D eigenvalue weighted by atomic mass is 16.5. The van der Waals surface area contributed by atoms with Crippen LogP contribution in [0, 0.1) is 0 Å². The number of benzene rings is 1. The summed E-state index contributed by atoms with van der Waals surface area (Å²) in [5.74, 6) is -0.294. The van der Waals surface area contributed by atoms with Gasteiger partial charge in [0.2, 0.25) is 0 Å². The molecule has 0 aromatic heterocycles. The molecule has 0 spiro atoms. The lowest BCUT2D eigenvalue weighted by Gasteiger charge is -2.09. The van der Waals surface area contributed by atoms with E-state index in [0.717, 1.165) is 12.8 Å². The molecule has 0 bridgehead atoms. The Morgan fingerprint density at radius 1 is 1.22 bits per heavy atom. The lowest BCUT2D eigenvalue weighted by atomic mass is 10.1. The lowest BCUT2D eigenvalue weighted by molar-refractivity contribution is -0.139. The van der Waals surface area contributed by atoms with Gasteiger partial charge in [-0.15, -0.1) is 0 Å². The van der Waals surface area contributed by atoms with Crippen molar-refractivity contribution in [3.8, 4) is 5.75 Å². The Morgan fingerprint density at radius 2 is 1.94 bits per heavy atom. The van der Waals surface area contributed by atoms with Gasteiger partial charge >= 0.3 is 5.97 Å². The summed E-state index contributed by atoms with van der Waals surface area (Å²) in [6, 6.07) is 6.94. The number of para-hydroxylation sites is 1. The van der Waals surface area contributed by atoms with Gasteiger partial charge in [-0.3, -0.25) is 9.59 Å². The average Bonchev–Trinajstić information content (AvgIpc) is 2.39. The summed E-state index contributed by atoms with van der Waals surface area (Å²) in [5, 5.41) is 0. The Kier molecular flexibility index (Phi) is 5.91. The van der Waals surface area contributed by atoms with E-state index < -0.39 is 5.97 Å².